The van der Waals surface area contributed by atoms with Gasteiger partial charge in [0.1, 0.15) is 11.6 Å². The van der Waals surface area contributed by atoms with Crippen LogP contribution in [0, 0.1) is 11.6 Å². The average Bonchev–Trinajstić information content (AvgIpc) is 2.28. The minimum Gasteiger partial charge on any atom is -0.315 e. The number of hydrogen-bond acceptors (Lipinski definition) is 3. The second-order valence-electron chi connectivity index (χ2n) is 4.37. The fraction of sp³-hybridized carbons (Fsp3) is 0.500. The summed E-state index contributed by atoms with van der Waals surface area (Å²) in [4.78, 5) is 0. The van der Waals surface area contributed by atoms with Crippen molar-refractivity contribution in [2.24, 2.45) is 0 Å². The molecule has 0 saturated carbocycles. The Balaban J connectivity index is 2.96. The van der Waals surface area contributed by atoms with Gasteiger partial charge in [-0.15, -0.1) is 0 Å². The van der Waals surface area contributed by atoms with Crippen LogP contribution >= 0.6 is 0 Å². The Labute approximate surface area is 106 Å². The summed E-state index contributed by atoms with van der Waals surface area (Å²) >= 11 is 0. The van der Waals surface area contributed by atoms with E-state index in [4.69, 9.17) is 0 Å². The van der Waals surface area contributed by atoms with Crippen molar-refractivity contribution in [2.45, 2.75) is 24.6 Å². The first-order valence-electron chi connectivity index (χ1n) is 5.55. The van der Waals surface area contributed by atoms with Gasteiger partial charge in [-0.25, -0.2) is 17.2 Å². The van der Waals surface area contributed by atoms with Crippen molar-refractivity contribution in [3.05, 3.63) is 35.4 Å². The van der Waals surface area contributed by atoms with Crippen LogP contribution in [0.15, 0.2) is 18.2 Å². The molecule has 0 fully saturated rings. The third kappa shape index (κ3) is 3.74. The van der Waals surface area contributed by atoms with Crippen molar-refractivity contribution in [1.29, 1.82) is 0 Å². The van der Waals surface area contributed by atoms with Crippen LogP contribution < -0.4 is 5.32 Å². The predicted molar refractivity (Wildman–Crippen MR) is 67.2 cm³/mol. The summed E-state index contributed by atoms with van der Waals surface area (Å²) in [6.45, 7) is 1.55. The van der Waals surface area contributed by atoms with Crippen LogP contribution in [0.4, 0.5) is 8.78 Å². The van der Waals surface area contributed by atoms with Gasteiger partial charge < -0.3 is 5.32 Å². The van der Waals surface area contributed by atoms with Crippen molar-refractivity contribution in [3.63, 3.8) is 0 Å². The highest BCUT2D eigenvalue weighted by Gasteiger charge is 2.25. The van der Waals surface area contributed by atoms with Gasteiger partial charge in [0.2, 0.25) is 0 Å². The summed E-state index contributed by atoms with van der Waals surface area (Å²) in [7, 11) is -1.64. The molecule has 102 valence electrons. The summed E-state index contributed by atoms with van der Waals surface area (Å²) in [6.07, 6.45) is 1.25. The van der Waals surface area contributed by atoms with Gasteiger partial charge in [0.05, 0.1) is 5.25 Å². The number of benzene rings is 1. The molecular formula is C12H17F2NO2S. The molecule has 6 heteroatoms. The Hall–Kier alpha value is -1.01. The third-order valence-electron chi connectivity index (χ3n) is 3.06. The maximum atomic E-state index is 13.5. The zero-order chi connectivity index (χ0) is 13.9. The molecule has 0 aliphatic rings. The number of rotatable bonds is 5. The zero-order valence-corrected chi connectivity index (χ0v) is 11.4. The molecule has 0 aromatic heterocycles. The van der Waals surface area contributed by atoms with E-state index in [0.717, 1.165) is 24.5 Å². The molecule has 1 aromatic carbocycles. The molecule has 1 N–H and O–H groups in total. The van der Waals surface area contributed by atoms with Crippen molar-refractivity contribution in [3.8, 4) is 0 Å². The fourth-order valence-electron chi connectivity index (χ4n) is 1.74. The zero-order valence-electron chi connectivity index (χ0n) is 10.6. The molecule has 0 aliphatic carbocycles. The lowest BCUT2D eigenvalue weighted by Gasteiger charge is -2.22. The Bertz CT molecular complexity index is 517. The first-order valence-corrected chi connectivity index (χ1v) is 7.51. The Kier molecular flexibility index (Phi) is 4.81. The number of likely N-dealkylation sites (N-methyl/N-ethyl adjacent to an activating group) is 1. The van der Waals surface area contributed by atoms with E-state index < -0.39 is 32.8 Å². The molecule has 1 rings (SSSR count). The highest BCUT2D eigenvalue weighted by Crippen LogP contribution is 2.15. The molecule has 0 aliphatic heterocycles. The molecular weight excluding hydrogens is 260 g/mol. The molecule has 0 saturated heterocycles. The van der Waals surface area contributed by atoms with Crippen LogP contribution in [-0.4, -0.2) is 33.0 Å². The quantitative estimate of drug-likeness (QED) is 0.888. The standard InChI is InChI=1S/C12H17F2NO2S/c1-8(18(3,16)17)12(15-2)7-9-6-10(13)4-5-11(9)14/h4-6,8,12,15H,7H2,1-3H3. The van der Waals surface area contributed by atoms with Crippen molar-refractivity contribution < 1.29 is 17.2 Å². The lowest BCUT2D eigenvalue weighted by molar-refractivity contribution is 0.501. The topological polar surface area (TPSA) is 46.2 Å². The summed E-state index contributed by atoms with van der Waals surface area (Å²) in [5.41, 5.74) is 0.171. The highest BCUT2D eigenvalue weighted by molar-refractivity contribution is 7.91. The van der Waals surface area contributed by atoms with Crippen molar-refractivity contribution >= 4 is 9.84 Å². The molecule has 0 amide bonds. The van der Waals surface area contributed by atoms with Crippen LogP contribution in [0.25, 0.3) is 0 Å². The predicted octanol–water partition coefficient (Wildman–Crippen LogP) is 1.53. The van der Waals surface area contributed by atoms with Crippen molar-refractivity contribution in [1.82, 2.24) is 5.32 Å². The molecule has 18 heavy (non-hydrogen) atoms. The van der Waals surface area contributed by atoms with Gasteiger partial charge >= 0.3 is 0 Å². The van der Waals surface area contributed by atoms with Crippen LogP contribution in [-0.2, 0) is 16.3 Å². The normalized spacial score (nSPS) is 15.4. The lowest BCUT2D eigenvalue weighted by Crippen LogP contribution is -2.42. The van der Waals surface area contributed by atoms with Gasteiger partial charge in [0.25, 0.3) is 0 Å². The molecule has 0 heterocycles. The Morgan fingerprint density at radius 1 is 1.33 bits per heavy atom. The fourth-order valence-corrected chi connectivity index (χ4v) is 2.57. The first-order chi connectivity index (χ1) is 8.25. The Morgan fingerprint density at radius 2 is 1.94 bits per heavy atom. The molecule has 2 atom stereocenters. The average molecular weight is 277 g/mol. The maximum absolute atomic E-state index is 13.5. The monoisotopic (exact) mass is 277 g/mol. The van der Waals surface area contributed by atoms with E-state index >= 15 is 0 Å². The summed E-state index contributed by atoms with van der Waals surface area (Å²) in [5.74, 6) is -1.06. The largest absolute Gasteiger partial charge is 0.315 e. The smallest absolute Gasteiger partial charge is 0.151 e. The summed E-state index contributed by atoms with van der Waals surface area (Å²) in [5, 5.41) is 2.16. The van der Waals surface area contributed by atoms with E-state index in [1.165, 1.54) is 0 Å². The van der Waals surface area contributed by atoms with Crippen LogP contribution in [0.2, 0.25) is 0 Å². The van der Waals surface area contributed by atoms with Gasteiger partial charge in [0.15, 0.2) is 9.84 Å². The molecule has 2 unspecified atom stereocenters. The van der Waals surface area contributed by atoms with Gasteiger partial charge in [-0.1, -0.05) is 0 Å². The van der Waals surface area contributed by atoms with E-state index in [2.05, 4.69) is 5.32 Å². The molecule has 1 aromatic rings. The van der Waals surface area contributed by atoms with Crippen molar-refractivity contribution in [2.75, 3.05) is 13.3 Å². The highest BCUT2D eigenvalue weighted by atomic mass is 32.2. The first kappa shape index (κ1) is 15.0. The molecule has 0 radical (unpaired) electrons. The Morgan fingerprint density at radius 3 is 2.44 bits per heavy atom. The minimum atomic E-state index is -3.24. The van der Waals surface area contributed by atoms with E-state index in [0.29, 0.717) is 0 Å². The van der Waals surface area contributed by atoms with Gasteiger partial charge in [-0.3, -0.25) is 0 Å². The van der Waals surface area contributed by atoms with E-state index in [1.54, 1.807) is 14.0 Å². The summed E-state index contributed by atoms with van der Waals surface area (Å²) < 4.78 is 49.4. The van der Waals surface area contributed by atoms with Gasteiger partial charge in [-0.2, -0.15) is 0 Å². The number of sulfone groups is 1. The molecule has 0 spiro atoms. The SMILES string of the molecule is CNC(Cc1cc(F)ccc1F)C(C)S(C)(=O)=O. The number of hydrogen-bond donors (Lipinski definition) is 1. The van der Waals surface area contributed by atoms with Gasteiger partial charge in [0, 0.05) is 12.3 Å². The van der Waals surface area contributed by atoms with Crippen LogP contribution in [0.5, 0.6) is 0 Å². The second-order valence-corrected chi connectivity index (χ2v) is 6.77. The molecule has 3 nitrogen and oxygen atoms in total. The van der Waals surface area contributed by atoms with Crippen LogP contribution in [0.3, 0.4) is 0 Å². The summed E-state index contributed by atoms with van der Waals surface area (Å²) in [6, 6.07) is 2.71. The minimum absolute atomic E-state index is 0.119. The van der Waals surface area contributed by atoms with E-state index in [1.807, 2.05) is 0 Å². The number of halogens is 2. The molecule has 0 bridgehead atoms. The van der Waals surface area contributed by atoms with E-state index in [9.17, 15) is 17.2 Å². The second kappa shape index (κ2) is 5.75. The number of nitrogens with one attached hydrogen (secondary N) is 1. The lowest BCUT2D eigenvalue weighted by atomic mass is 10.0. The van der Waals surface area contributed by atoms with E-state index in [-0.39, 0.29) is 12.0 Å². The van der Waals surface area contributed by atoms with Gasteiger partial charge in [-0.05, 0) is 44.2 Å². The van der Waals surface area contributed by atoms with Crippen LogP contribution in [0.1, 0.15) is 12.5 Å². The maximum Gasteiger partial charge on any atom is 0.151 e. The third-order valence-corrected chi connectivity index (χ3v) is 4.74.